The van der Waals surface area contributed by atoms with Gasteiger partial charge in [-0.15, -0.1) is 0 Å². The molecule has 1 aromatic carbocycles. The van der Waals surface area contributed by atoms with Crippen LogP contribution >= 0.6 is 11.3 Å². The van der Waals surface area contributed by atoms with Gasteiger partial charge in [-0.05, 0) is 54.7 Å². The van der Waals surface area contributed by atoms with E-state index in [1.807, 2.05) is 11.9 Å². The normalized spacial score (nSPS) is 13.3. The summed E-state index contributed by atoms with van der Waals surface area (Å²) < 4.78 is 0. The monoisotopic (exact) mass is 309 g/mol. The summed E-state index contributed by atoms with van der Waals surface area (Å²) in [6, 6.07) is 10.0. The Kier molecular flexibility index (Phi) is 3.15. The van der Waals surface area contributed by atoms with Crippen molar-refractivity contribution in [2.75, 3.05) is 11.9 Å². The van der Waals surface area contributed by atoms with Gasteiger partial charge in [0.1, 0.15) is 4.83 Å². The van der Waals surface area contributed by atoms with Gasteiger partial charge in [-0.3, -0.25) is 4.79 Å². The fourth-order valence-electron chi connectivity index (χ4n) is 2.91. The third kappa shape index (κ3) is 2.18. The third-order valence-electron chi connectivity index (χ3n) is 4.14. The molecule has 0 N–H and O–H groups in total. The number of anilines is 2. The minimum atomic E-state index is -0.218. The second kappa shape index (κ2) is 5.18. The van der Waals surface area contributed by atoms with Gasteiger partial charge < -0.3 is 4.90 Å². The van der Waals surface area contributed by atoms with Crippen LogP contribution in [0.15, 0.2) is 41.3 Å². The number of aromatic nitrogens is 2. The van der Waals surface area contributed by atoms with Gasteiger partial charge in [0, 0.05) is 18.9 Å². The molecule has 0 amide bonds. The average molecular weight is 309 g/mol. The Bertz CT molecular complexity index is 919. The number of hydrogen-bond acceptors (Lipinski definition) is 5. The molecule has 0 spiro atoms. The highest BCUT2D eigenvalue weighted by Crippen LogP contribution is 2.31. The van der Waals surface area contributed by atoms with Crippen LogP contribution in [0.4, 0.5) is 10.8 Å². The topological polar surface area (TPSA) is 46.1 Å². The SMILES string of the molecule is CN(c1ccc2c(c1)CCC2)c1nc(=O)c2cccnc2s1. The van der Waals surface area contributed by atoms with Crippen molar-refractivity contribution in [1.29, 1.82) is 0 Å². The Labute approximate surface area is 132 Å². The van der Waals surface area contributed by atoms with Crippen molar-refractivity contribution in [2.45, 2.75) is 19.3 Å². The first-order valence-electron chi connectivity index (χ1n) is 7.34. The molecule has 4 rings (SSSR count). The van der Waals surface area contributed by atoms with E-state index in [1.54, 1.807) is 18.3 Å². The Morgan fingerprint density at radius 3 is 2.95 bits per heavy atom. The van der Waals surface area contributed by atoms with E-state index in [4.69, 9.17) is 0 Å². The fourth-order valence-corrected chi connectivity index (χ4v) is 3.83. The summed E-state index contributed by atoms with van der Waals surface area (Å²) >= 11 is 1.44. The lowest BCUT2D eigenvalue weighted by atomic mass is 10.1. The highest BCUT2D eigenvalue weighted by Gasteiger charge is 2.15. The van der Waals surface area contributed by atoms with Gasteiger partial charge in [-0.1, -0.05) is 17.4 Å². The van der Waals surface area contributed by atoms with Gasteiger partial charge in [0.2, 0.25) is 0 Å². The van der Waals surface area contributed by atoms with Gasteiger partial charge in [0.05, 0.1) is 5.39 Å². The Hall–Kier alpha value is -2.27. The largest absolute Gasteiger partial charge is 0.321 e. The van der Waals surface area contributed by atoms with Crippen molar-refractivity contribution in [2.24, 2.45) is 0 Å². The summed E-state index contributed by atoms with van der Waals surface area (Å²) in [6.07, 6.45) is 5.25. The van der Waals surface area contributed by atoms with Crippen LogP contribution in [0.25, 0.3) is 10.2 Å². The van der Waals surface area contributed by atoms with Gasteiger partial charge in [0.15, 0.2) is 5.13 Å². The predicted octanol–water partition coefficient (Wildman–Crippen LogP) is 3.31. The second-order valence-electron chi connectivity index (χ2n) is 5.52. The molecule has 0 atom stereocenters. The molecule has 3 aromatic rings. The second-order valence-corrected chi connectivity index (χ2v) is 6.48. The zero-order chi connectivity index (χ0) is 15.1. The van der Waals surface area contributed by atoms with Gasteiger partial charge >= 0.3 is 0 Å². The molecule has 0 bridgehead atoms. The standard InChI is InChI=1S/C17H15N3OS/c1-20(13-8-7-11-4-2-5-12(11)10-13)17-19-15(21)14-6-3-9-18-16(14)22-17/h3,6-10H,2,4-5H2,1H3. The van der Waals surface area contributed by atoms with E-state index < -0.39 is 0 Å². The molecule has 2 aromatic heterocycles. The van der Waals surface area contributed by atoms with Crippen LogP contribution in [0.5, 0.6) is 0 Å². The minimum absolute atomic E-state index is 0.218. The number of rotatable bonds is 2. The molecule has 0 fully saturated rings. The molecule has 4 nitrogen and oxygen atoms in total. The number of aryl methyl sites for hydroxylation is 2. The predicted molar refractivity (Wildman–Crippen MR) is 90.2 cm³/mol. The molecule has 0 aliphatic heterocycles. The number of nitrogens with zero attached hydrogens (tertiary/aromatic N) is 3. The van der Waals surface area contributed by atoms with E-state index in [0.29, 0.717) is 10.5 Å². The number of fused-ring (bicyclic) bond motifs is 2. The lowest BCUT2D eigenvalue weighted by Gasteiger charge is -2.18. The minimum Gasteiger partial charge on any atom is -0.321 e. The van der Waals surface area contributed by atoms with Gasteiger partial charge in [0.25, 0.3) is 5.56 Å². The fraction of sp³-hybridized carbons (Fsp3) is 0.235. The van der Waals surface area contributed by atoms with E-state index in [9.17, 15) is 4.79 Å². The molecule has 5 heteroatoms. The van der Waals surface area contributed by atoms with Crippen LogP contribution in [0.3, 0.4) is 0 Å². The van der Waals surface area contributed by atoms with E-state index in [1.165, 1.54) is 35.3 Å². The third-order valence-corrected chi connectivity index (χ3v) is 5.21. The maximum absolute atomic E-state index is 12.2. The summed E-state index contributed by atoms with van der Waals surface area (Å²) in [7, 11) is 1.95. The summed E-state index contributed by atoms with van der Waals surface area (Å²) in [6.45, 7) is 0. The first-order chi connectivity index (χ1) is 10.7. The first-order valence-corrected chi connectivity index (χ1v) is 8.15. The number of pyridine rings is 1. The van der Waals surface area contributed by atoms with E-state index in [-0.39, 0.29) is 5.56 Å². The summed E-state index contributed by atoms with van der Waals surface area (Å²) in [5.41, 5.74) is 3.71. The molecule has 0 saturated carbocycles. The van der Waals surface area contributed by atoms with E-state index >= 15 is 0 Å². The Morgan fingerprint density at radius 1 is 1.18 bits per heavy atom. The van der Waals surface area contributed by atoms with Crippen LogP contribution in [0.2, 0.25) is 0 Å². The zero-order valence-electron chi connectivity index (χ0n) is 12.2. The molecule has 110 valence electrons. The Balaban J connectivity index is 1.79. The van der Waals surface area contributed by atoms with Crippen molar-refractivity contribution >= 4 is 32.4 Å². The molecule has 0 saturated heterocycles. The molecular weight excluding hydrogens is 294 g/mol. The van der Waals surface area contributed by atoms with Gasteiger partial charge in [-0.25, -0.2) is 4.98 Å². The zero-order valence-corrected chi connectivity index (χ0v) is 13.1. The van der Waals surface area contributed by atoms with E-state index in [2.05, 4.69) is 28.2 Å². The smallest absolute Gasteiger partial charge is 0.282 e. The van der Waals surface area contributed by atoms with Crippen LogP contribution < -0.4 is 10.5 Å². The highest BCUT2D eigenvalue weighted by molar-refractivity contribution is 7.21. The van der Waals surface area contributed by atoms with Crippen molar-refractivity contribution < 1.29 is 0 Å². The van der Waals surface area contributed by atoms with Crippen molar-refractivity contribution in [3.8, 4) is 0 Å². The van der Waals surface area contributed by atoms with Crippen LogP contribution in [0.1, 0.15) is 17.5 Å². The van der Waals surface area contributed by atoms with E-state index in [0.717, 1.165) is 16.9 Å². The number of hydrogen-bond donors (Lipinski definition) is 0. The molecule has 1 aliphatic rings. The van der Waals surface area contributed by atoms with Gasteiger partial charge in [-0.2, -0.15) is 4.98 Å². The van der Waals surface area contributed by atoms with Crippen LogP contribution in [-0.4, -0.2) is 17.0 Å². The maximum atomic E-state index is 12.2. The van der Waals surface area contributed by atoms with Crippen molar-refractivity contribution in [1.82, 2.24) is 9.97 Å². The van der Waals surface area contributed by atoms with Crippen molar-refractivity contribution in [3.63, 3.8) is 0 Å². The first kappa shape index (κ1) is 13.4. The molecule has 0 unspecified atom stereocenters. The Morgan fingerprint density at radius 2 is 2.05 bits per heavy atom. The molecule has 22 heavy (non-hydrogen) atoms. The lowest BCUT2D eigenvalue weighted by molar-refractivity contribution is 0.911. The highest BCUT2D eigenvalue weighted by atomic mass is 32.1. The summed E-state index contributed by atoms with van der Waals surface area (Å²) in [4.78, 5) is 23.4. The average Bonchev–Trinajstić information content (AvgIpc) is 3.01. The summed E-state index contributed by atoms with van der Waals surface area (Å²) in [5.74, 6) is 0. The maximum Gasteiger partial charge on any atom is 0.282 e. The number of benzene rings is 1. The lowest BCUT2D eigenvalue weighted by Crippen LogP contribution is -2.16. The van der Waals surface area contributed by atoms with Crippen LogP contribution in [0, 0.1) is 0 Å². The molecule has 2 heterocycles. The molecular formula is C17H15N3OS. The quantitative estimate of drug-likeness (QED) is 0.728. The summed E-state index contributed by atoms with van der Waals surface area (Å²) in [5, 5.41) is 1.26. The molecule has 0 radical (unpaired) electrons. The molecule has 1 aliphatic carbocycles. The van der Waals surface area contributed by atoms with Crippen LogP contribution in [-0.2, 0) is 12.8 Å². The van der Waals surface area contributed by atoms with Crippen molar-refractivity contribution in [3.05, 3.63) is 58.0 Å².